The first kappa shape index (κ1) is 17.0. The lowest BCUT2D eigenvalue weighted by Crippen LogP contribution is -2.18. The molecule has 1 aromatic heterocycles. The summed E-state index contributed by atoms with van der Waals surface area (Å²) in [5.74, 6) is -0.297. The molecule has 1 aliphatic heterocycles. The van der Waals surface area contributed by atoms with Crippen LogP contribution < -0.4 is 0 Å². The number of fused-ring (bicyclic) bond motifs is 1. The van der Waals surface area contributed by atoms with Crippen LogP contribution >= 0.6 is 11.8 Å². The van der Waals surface area contributed by atoms with E-state index < -0.39 is 6.43 Å². The predicted octanol–water partition coefficient (Wildman–Crippen LogP) is 5.19. The van der Waals surface area contributed by atoms with Crippen molar-refractivity contribution in [2.45, 2.75) is 36.8 Å². The number of pyridine rings is 1. The summed E-state index contributed by atoms with van der Waals surface area (Å²) in [5.41, 5.74) is 2.07. The van der Waals surface area contributed by atoms with E-state index in [1.165, 1.54) is 24.0 Å². The molecule has 0 atom stereocenters. The monoisotopic (exact) mass is 350 g/mol. The highest BCUT2D eigenvalue weighted by Crippen LogP contribution is 2.40. The quantitative estimate of drug-likeness (QED) is 0.745. The van der Waals surface area contributed by atoms with E-state index in [2.05, 4.69) is 9.98 Å². The maximum atomic E-state index is 14.3. The second-order valence-electron chi connectivity index (χ2n) is 6.37. The number of benzene rings is 1. The Kier molecular flexibility index (Phi) is 4.42. The fraction of sp³-hybridized carbons (Fsp3) is 0.333. The Morgan fingerprint density at radius 2 is 2.00 bits per heavy atom. The van der Waals surface area contributed by atoms with Gasteiger partial charge in [-0.2, -0.15) is 0 Å². The molecule has 1 aromatic carbocycles. The molecule has 0 bridgehead atoms. The van der Waals surface area contributed by atoms with Crippen LogP contribution in [-0.4, -0.2) is 22.0 Å². The molecular formula is C18H17F3N2S. The summed E-state index contributed by atoms with van der Waals surface area (Å²) in [6.07, 6.45) is -1.22. The summed E-state index contributed by atoms with van der Waals surface area (Å²) in [5, 5.41) is 0. The van der Waals surface area contributed by atoms with E-state index >= 15 is 0 Å². The van der Waals surface area contributed by atoms with Gasteiger partial charge < -0.3 is 0 Å². The SMILES string of the molecule is Cc1cc(C2=NCC(C)(C)Sc3c(F)cccc32)cnc1C(F)F. The molecule has 0 amide bonds. The maximum Gasteiger partial charge on any atom is 0.280 e. The summed E-state index contributed by atoms with van der Waals surface area (Å²) < 4.78 is 39.9. The molecule has 0 fully saturated rings. The lowest BCUT2D eigenvalue weighted by molar-refractivity contribution is 0.145. The number of aromatic nitrogens is 1. The number of aliphatic imine (C=N–C) groups is 1. The normalized spacial score (nSPS) is 16.5. The molecule has 3 rings (SSSR count). The maximum absolute atomic E-state index is 14.3. The fourth-order valence-electron chi connectivity index (χ4n) is 2.65. The Morgan fingerprint density at radius 1 is 1.25 bits per heavy atom. The third-order valence-corrected chi connectivity index (χ3v) is 5.12. The highest BCUT2D eigenvalue weighted by atomic mass is 32.2. The highest BCUT2D eigenvalue weighted by Gasteiger charge is 2.28. The number of alkyl halides is 2. The van der Waals surface area contributed by atoms with E-state index in [1.54, 1.807) is 19.1 Å². The lowest BCUT2D eigenvalue weighted by atomic mass is 10.0. The molecule has 0 saturated carbocycles. The van der Waals surface area contributed by atoms with Gasteiger partial charge in [-0.3, -0.25) is 9.98 Å². The first-order valence-electron chi connectivity index (χ1n) is 7.56. The van der Waals surface area contributed by atoms with Crippen LogP contribution in [0, 0.1) is 12.7 Å². The van der Waals surface area contributed by atoms with Crippen LogP contribution in [0.25, 0.3) is 0 Å². The molecule has 24 heavy (non-hydrogen) atoms. The van der Waals surface area contributed by atoms with Crippen LogP contribution in [0.1, 0.15) is 42.7 Å². The van der Waals surface area contributed by atoms with Gasteiger partial charge in [-0.25, -0.2) is 13.2 Å². The Labute approximate surface area is 143 Å². The first-order chi connectivity index (χ1) is 11.3. The molecule has 0 spiro atoms. The molecule has 126 valence electrons. The van der Waals surface area contributed by atoms with Crippen molar-refractivity contribution in [1.82, 2.24) is 4.98 Å². The number of nitrogens with zero attached hydrogens (tertiary/aromatic N) is 2. The largest absolute Gasteiger partial charge is 0.283 e. The minimum Gasteiger partial charge on any atom is -0.283 e. The Bertz CT molecular complexity index is 816. The standard InChI is InChI=1S/C18H17F3N2S/c1-10-7-11(8-22-14(10)17(20)21)15-12-5-4-6-13(19)16(12)24-18(2,3)9-23-15/h4-8,17H,9H2,1-3H3. The van der Waals surface area contributed by atoms with E-state index in [-0.39, 0.29) is 16.3 Å². The van der Waals surface area contributed by atoms with Gasteiger partial charge in [0.25, 0.3) is 6.43 Å². The zero-order valence-corrected chi connectivity index (χ0v) is 14.4. The van der Waals surface area contributed by atoms with E-state index in [4.69, 9.17) is 0 Å². The van der Waals surface area contributed by atoms with E-state index in [9.17, 15) is 13.2 Å². The van der Waals surface area contributed by atoms with Gasteiger partial charge in [0, 0.05) is 22.1 Å². The Balaban J connectivity index is 2.16. The van der Waals surface area contributed by atoms with Crippen molar-refractivity contribution in [2.75, 3.05) is 6.54 Å². The number of aryl methyl sites for hydroxylation is 1. The van der Waals surface area contributed by atoms with Crippen LogP contribution in [0.5, 0.6) is 0 Å². The van der Waals surface area contributed by atoms with Gasteiger partial charge in [0.15, 0.2) is 0 Å². The average molecular weight is 350 g/mol. The molecule has 0 saturated heterocycles. The minimum atomic E-state index is -2.62. The van der Waals surface area contributed by atoms with Gasteiger partial charge in [0.2, 0.25) is 0 Å². The van der Waals surface area contributed by atoms with E-state index in [0.717, 1.165) is 0 Å². The molecule has 1 aliphatic rings. The van der Waals surface area contributed by atoms with Crippen molar-refractivity contribution in [3.63, 3.8) is 0 Å². The molecule has 2 nitrogen and oxygen atoms in total. The third-order valence-electron chi connectivity index (χ3n) is 3.82. The zero-order valence-electron chi connectivity index (χ0n) is 13.6. The predicted molar refractivity (Wildman–Crippen MR) is 90.8 cm³/mol. The van der Waals surface area contributed by atoms with Gasteiger partial charge in [-0.1, -0.05) is 12.1 Å². The second kappa shape index (κ2) is 6.24. The third kappa shape index (κ3) is 3.20. The van der Waals surface area contributed by atoms with Crippen molar-refractivity contribution in [1.29, 1.82) is 0 Å². The van der Waals surface area contributed by atoms with Crippen LogP contribution in [-0.2, 0) is 0 Å². The van der Waals surface area contributed by atoms with Crippen LogP contribution in [0.3, 0.4) is 0 Å². The summed E-state index contributed by atoms with van der Waals surface area (Å²) in [7, 11) is 0. The van der Waals surface area contributed by atoms with Crippen molar-refractivity contribution >= 4 is 17.5 Å². The van der Waals surface area contributed by atoms with Crippen molar-refractivity contribution in [3.05, 3.63) is 58.7 Å². The topological polar surface area (TPSA) is 25.2 Å². The Hall–Kier alpha value is -1.82. The van der Waals surface area contributed by atoms with Gasteiger partial charge in [-0.15, -0.1) is 11.8 Å². The van der Waals surface area contributed by atoms with E-state index in [0.29, 0.717) is 33.8 Å². The highest BCUT2D eigenvalue weighted by molar-refractivity contribution is 8.00. The summed E-state index contributed by atoms with van der Waals surface area (Å²) >= 11 is 1.44. The number of halogens is 3. The summed E-state index contributed by atoms with van der Waals surface area (Å²) in [6.45, 7) is 6.10. The number of hydrogen-bond donors (Lipinski definition) is 0. The van der Waals surface area contributed by atoms with Crippen molar-refractivity contribution in [3.8, 4) is 0 Å². The molecular weight excluding hydrogens is 333 g/mol. The van der Waals surface area contributed by atoms with Gasteiger partial charge in [0.05, 0.1) is 17.2 Å². The van der Waals surface area contributed by atoms with Crippen molar-refractivity contribution < 1.29 is 13.2 Å². The van der Waals surface area contributed by atoms with Crippen LogP contribution in [0.15, 0.2) is 40.4 Å². The van der Waals surface area contributed by atoms with Gasteiger partial charge in [0.1, 0.15) is 11.5 Å². The number of thioether (sulfide) groups is 1. The smallest absolute Gasteiger partial charge is 0.280 e. The molecule has 0 radical (unpaired) electrons. The first-order valence-corrected chi connectivity index (χ1v) is 8.37. The summed E-state index contributed by atoms with van der Waals surface area (Å²) in [4.78, 5) is 9.07. The summed E-state index contributed by atoms with van der Waals surface area (Å²) in [6, 6.07) is 6.51. The number of rotatable bonds is 2. The van der Waals surface area contributed by atoms with Crippen LogP contribution in [0.2, 0.25) is 0 Å². The van der Waals surface area contributed by atoms with Gasteiger partial charge in [-0.05, 0) is 38.5 Å². The second-order valence-corrected chi connectivity index (χ2v) is 8.09. The van der Waals surface area contributed by atoms with Gasteiger partial charge >= 0.3 is 0 Å². The lowest BCUT2D eigenvalue weighted by Gasteiger charge is -2.20. The van der Waals surface area contributed by atoms with E-state index in [1.807, 2.05) is 19.9 Å². The van der Waals surface area contributed by atoms with Crippen LogP contribution in [0.4, 0.5) is 13.2 Å². The number of hydrogen-bond acceptors (Lipinski definition) is 3. The molecule has 2 aromatic rings. The Morgan fingerprint density at radius 3 is 2.67 bits per heavy atom. The molecule has 6 heteroatoms. The molecule has 0 unspecified atom stereocenters. The molecule has 2 heterocycles. The molecule has 0 N–H and O–H groups in total. The molecule has 0 aliphatic carbocycles. The van der Waals surface area contributed by atoms with Crippen molar-refractivity contribution in [2.24, 2.45) is 4.99 Å². The zero-order chi connectivity index (χ0) is 17.5. The average Bonchev–Trinajstić information content (AvgIpc) is 2.63. The fourth-order valence-corrected chi connectivity index (χ4v) is 3.77. The minimum absolute atomic E-state index is 0.234.